The summed E-state index contributed by atoms with van der Waals surface area (Å²) in [7, 11) is 0. The van der Waals surface area contributed by atoms with Crippen molar-refractivity contribution in [2.45, 2.75) is 40.0 Å². The average Bonchev–Trinajstić information content (AvgIpc) is 2.43. The van der Waals surface area contributed by atoms with Gasteiger partial charge in [0.15, 0.2) is 0 Å². The summed E-state index contributed by atoms with van der Waals surface area (Å²) in [4.78, 5) is 23.7. The van der Waals surface area contributed by atoms with Crippen LogP contribution in [0.2, 0.25) is 0 Å². The van der Waals surface area contributed by atoms with E-state index in [1.54, 1.807) is 0 Å². The smallest absolute Gasteiger partial charge is 0.313 e. The van der Waals surface area contributed by atoms with Crippen molar-refractivity contribution in [3.05, 3.63) is 29.3 Å². The lowest BCUT2D eigenvalue weighted by Gasteiger charge is -2.15. The highest BCUT2D eigenvalue weighted by Crippen LogP contribution is 2.13. The lowest BCUT2D eigenvalue weighted by atomic mass is 10.0. The first-order valence-electron chi connectivity index (χ1n) is 7.74. The number of anilines is 1. The van der Waals surface area contributed by atoms with Crippen LogP contribution >= 0.6 is 0 Å². The van der Waals surface area contributed by atoms with Gasteiger partial charge in [-0.25, -0.2) is 0 Å². The van der Waals surface area contributed by atoms with Gasteiger partial charge in [0, 0.05) is 18.8 Å². The van der Waals surface area contributed by atoms with Crippen molar-refractivity contribution in [3.63, 3.8) is 0 Å². The van der Waals surface area contributed by atoms with Crippen LogP contribution in [0.5, 0.6) is 0 Å². The van der Waals surface area contributed by atoms with E-state index in [2.05, 4.69) is 17.6 Å². The number of aryl methyl sites for hydroxylation is 2. The van der Waals surface area contributed by atoms with Gasteiger partial charge in [-0.15, -0.1) is 0 Å². The predicted molar refractivity (Wildman–Crippen MR) is 87.7 cm³/mol. The zero-order chi connectivity index (χ0) is 16.5. The molecular formula is C17H26N2O3. The summed E-state index contributed by atoms with van der Waals surface area (Å²) in [6, 6.07) is 5.65. The number of benzene rings is 1. The molecule has 5 heteroatoms. The number of nitrogens with one attached hydrogen (secondary N) is 2. The second kappa shape index (κ2) is 9.20. The van der Waals surface area contributed by atoms with Crippen molar-refractivity contribution < 1.29 is 14.7 Å². The van der Waals surface area contributed by atoms with Gasteiger partial charge in [-0.1, -0.05) is 19.4 Å². The van der Waals surface area contributed by atoms with Gasteiger partial charge in [0.2, 0.25) is 0 Å². The summed E-state index contributed by atoms with van der Waals surface area (Å²) >= 11 is 0. The minimum absolute atomic E-state index is 0.0926. The fourth-order valence-electron chi connectivity index (χ4n) is 2.49. The number of carbonyl (C=O) groups excluding carboxylic acids is 2. The largest absolute Gasteiger partial charge is 0.396 e. The van der Waals surface area contributed by atoms with Crippen molar-refractivity contribution in [1.82, 2.24) is 5.32 Å². The van der Waals surface area contributed by atoms with Crippen LogP contribution in [-0.4, -0.2) is 30.1 Å². The van der Waals surface area contributed by atoms with Gasteiger partial charge in [0.25, 0.3) is 0 Å². The summed E-state index contributed by atoms with van der Waals surface area (Å²) in [6.07, 6.45) is 2.53. The standard InChI is InChI=1S/C17H26N2O3/c1-4-5-14(6-7-20)11-18-16(21)17(22)19-15-9-12(2)8-13(3)10-15/h8-10,14,20H,4-7,11H2,1-3H3,(H,18,21)(H,19,22). The second-order valence-electron chi connectivity index (χ2n) is 5.71. The normalized spacial score (nSPS) is 11.8. The maximum absolute atomic E-state index is 11.9. The summed E-state index contributed by atoms with van der Waals surface area (Å²) < 4.78 is 0. The van der Waals surface area contributed by atoms with Gasteiger partial charge in [0.1, 0.15) is 0 Å². The molecule has 2 amide bonds. The molecule has 0 saturated heterocycles. The van der Waals surface area contributed by atoms with E-state index in [0.29, 0.717) is 18.7 Å². The number of rotatable bonds is 7. The number of aliphatic hydroxyl groups is 1. The lowest BCUT2D eigenvalue weighted by Crippen LogP contribution is -2.38. The number of hydrogen-bond acceptors (Lipinski definition) is 3. The van der Waals surface area contributed by atoms with Crippen LogP contribution in [0.15, 0.2) is 18.2 Å². The summed E-state index contributed by atoms with van der Waals surface area (Å²) in [6.45, 7) is 6.43. The molecule has 0 aromatic heterocycles. The van der Waals surface area contributed by atoms with Crippen molar-refractivity contribution in [2.75, 3.05) is 18.5 Å². The fraction of sp³-hybridized carbons (Fsp3) is 0.529. The van der Waals surface area contributed by atoms with Crippen molar-refractivity contribution >= 4 is 17.5 Å². The monoisotopic (exact) mass is 306 g/mol. The Bertz CT molecular complexity index is 488. The van der Waals surface area contributed by atoms with E-state index in [1.807, 2.05) is 32.0 Å². The Labute approximate surface area is 132 Å². The SMILES string of the molecule is CCCC(CCO)CNC(=O)C(=O)Nc1cc(C)cc(C)c1. The molecular weight excluding hydrogens is 280 g/mol. The summed E-state index contributed by atoms with van der Waals surface area (Å²) in [5.74, 6) is -1.10. The maximum atomic E-state index is 11.9. The molecule has 1 rings (SSSR count). The van der Waals surface area contributed by atoms with Crippen molar-refractivity contribution in [1.29, 1.82) is 0 Å². The van der Waals surface area contributed by atoms with Gasteiger partial charge >= 0.3 is 11.8 Å². The Morgan fingerprint density at radius 2 is 1.73 bits per heavy atom. The number of hydrogen-bond donors (Lipinski definition) is 3. The van der Waals surface area contributed by atoms with Crippen LogP contribution in [0.1, 0.15) is 37.3 Å². The quantitative estimate of drug-likeness (QED) is 0.675. The first-order chi connectivity index (χ1) is 10.5. The predicted octanol–water partition coefficient (Wildman–Crippen LogP) is 2.16. The van der Waals surface area contributed by atoms with Crippen LogP contribution in [-0.2, 0) is 9.59 Å². The molecule has 5 nitrogen and oxygen atoms in total. The molecule has 122 valence electrons. The van der Waals surface area contributed by atoms with E-state index < -0.39 is 11.8 Å². The molecule has 0 spiro atoms. The molecule has 1 atom stereocenters. The van der Waals surface area contributed by atoms with Crippen LogP contribution in [0, 0.1) is 19.8 Å². The fourth-order valence-corrected chi connectivity index (χ4v) is 2.49. The molecule has 1 aromatic carbocycles. The molecule has 1 unspecified atom stereocenters. The van der Waals surface area contributed by atoms with E-state index in [-0.39, 0.29) is 12.5 Å². The van der Waals surface area contributed by atoms with E-state index in [9.17, 15) is 9.59 Å². The number of aliphatic hydroxyl groups excluding tert-OH is 1. The Balaban J connectivity index is 2.52. The molecule has 0 radical (unpaired) electrons. The summed E-state index contributed by atoms with van der Waals surface area (Å²) in [5, 5.41) is 14.2. The molecule has 0 saturated carbocycles. The molecule has 3 N–H and O–H groups in total. The van der Waals surface area contributed by atoms with E-state index >= 15 is 0 Å². The molecule has 0 fully saturated rings. The minimum atomic E-state index is -0.663. The van der Waals surface area contributed by atoms with E-state index in [1.165, 1.54) is 0 Å². The third kappa shape index (κ3) is 6.26. The van der Waals surface area contributed by atoms with Gasteiger partial charge in [0.05, 0.1) is 0 Å². The zero-order valence-corrected chi connectivity index (χ0v) is 13.6. The molecule has 0 bridgehead atoms. The molecule has 0 aliphatic heterocycles. The van der Waals surface area contributed by atoms with Crippen LogP contribution in [0.25, 0.3) is 0 Å². The van der Waals surface area contributed by atoms with Gasteiger partial charge in [-0.3, -0.25) is 9.59 Å². The molecule has 1 aromatic rings. The average molecular weight is 306 g/mol. The Morgan fingerprint density at radius 3 is 2.27 bits per heavy atom. The lowest BCUT2D eigenvalue weighted by molar-refractivity contribution is -0.136. The third-order valence-corrected chi connectivity index (χ3v) is 3.47. The highest BCUT2D eigenvalue weighted by atomic mass is 16.3. The van der Waals surface area contributed by atoms with Crippen LogP contribution in [0.3, 0.4) is 0 Å². The first-order valence-corrected chi connectivity index (χ1v) is 7.74. The number of carbonyl (C=O) groups is 2. The highest BCUT2D eigenvalue weighted by Gasteiger charge is 2.16. The third-order valence-electron chi connectivity index (χ3n) is 3.47. The molecule has 0 aliphatic rings. The number of amides is 2. The van der Waals surface area contributed by atoms with Crippen molar-refractivity contribution in [2.24, 2.45) is 5.92 Å². The molecule has 0 heterocycles. The molecule has 22 heavy (non-hydrogen) atoms. The van der Waals surface area contributed by atoms with E-state index in [0.717, 1.165) is 24.0 Å². The second-order valence-corrected chi connectivity index (χ2v) is 5.71. The Hall–Kier alpha value is -1.88. The van der Waals surface area contributed by atoms with Gasteiger partial charge in [-0.05, 0) is 55.9 Å². The van der Waals surface area contributed by atoms with Crippen LogP contribution < -0.4 is 10.6 Å². The topological polar surface area (TPSA) is 78.4 Å². The zero-order valence-electron chi connectivity index (χ0n) is 13.6. The van der Waals surface area contributed by atoms with Gasteiger partial charge in [-0.2, -0.15) is 0 Å². The first kappa shape index (κ1) is 18.2. The minimum Gasteiger partial charge on any atom is -0.396 e. The maximum Gasteiger partial charge on any atom is 0.313 e. The Kier molecular flexibility index (Phi) is 7.60. The van der Waals surface area contributed by atoms with Crippen molar-refractivity contribution in [3.8, 4) is 0 Å². The Morgan fingerprint density at radius 1 is 1.09 bits per heavy atom. The molecule has 0 aliphatic carbocycles. The van der Waals surface area contributed by atoms with Crippen LogP contribution in [0.4, 0.5) is 5.69 Å². The van der Waals surface area contributed by atoms with E-state index in [4.69, 9.17) is 5.11 Å². The van der Waals surface area contributed by atoms with Gasteiger partial charge < -0.3 is 15.7 Å². The summed E-state index contributed by atoms with van der Waals surface area (Å²) in [5.41, 5.74) is 2.68. The highest BCUT2D eigenvalue weighted by molar-refractivity contribution is 6.39.